The first-order valence-corrected chi connectivity index (χ1v) is 8.11. The lowest BCUT2D eigenvalue weighted by Gasteiger charge is -2.10. The largest absolute Gasteiger partial charge is 0.398 e. The van der Waals surface area contributed by atoms with E-state index in [2.05, 4.69) is 37.2 Å². The monoisotopic (exact) mass is 400 g/mol. The first-order chi connectivity index (χ1) is 8.25. The van der Waals surface area contributed by atoms with Gasteiger partial charge in [0.25, 0.3) is 10.1 Å². The van der Waals surface area contributed by atoms with E-state index >= 15 is 0 Å². The Morgan fingerprint density at radius 2 is 2.11 bits per heavy atom. The minimum atomic E-state index is -4.41. The van der Waals surface area contributed by atoms with Crippen LogP contribution in [0, 0.1) is 0 Å². The molecule has 4 N–H and O–H groups in total. The van der Waals surface area contributed by atoms with Crippen molar-refractivity contribution in [2.24, 2.45) is 0 Å². The van der Waals surface area contributed by atoms with Crippen molar-refractivity contribution in [2.45, 2.75) is 9.72 Å². The number of carbonyl (C=O) groups excluding carboxylic acids is 1. The first kappa shape index (κ1) is 15.4. The molecule has 18 heavy (non-hydrogen) atoms. The van der Waals surface area contributed by atoms with Crippen LogP contribution in [-0.4, -0.2) is 29.0 Å². The molecular formula is C9H10Br2N2O4S. The number of carbonyl (C=O) groups is 1. The van der Waals surface area contributed by atoms with Gasteiger partial charge < -0.3 is 11.1 Å². The quantitative estimate of drug-likeness (QED) is 0.403. The van der Waals surface area contributed by atoms with Gasteiger partial charge in [-0.3, -0.25) is 9.35 Å². The van der Waals surface area contributed by atoms with Crippen molar-refractivity contribution in [3.8, 4) is 0 Å². The summed E-state index contributed by atoms with van der Waals surface area (Å²) in [5.74, 6) is -0.349. The summed E-state index contributed by atoms with van der Waals surface area (Å²) < 4.78 is 31.0. The predicted octanol–water partition coefficient (Wildman–Crippen LogP) is 1.61. The summed E-state index contributed by atoms with van der Waals surface area (Å²) in [6, 6.07) is 3.82. The van der Waals surface area contributed by atoms with Gasteiger partial charge in [0.2, 0.25) is 5.91 Å². The van der Waals surface area contributed by atoms with Gasteiger partial charge in [-0.1, -0.05) is 31.9 Å². The van der Waals surface area contributed by atoms with Crippen molar-refractivity contribution in [1.82, 2.24) is 0 Å². The number of alkyl halides is 2. The second-order valence-electron chi connectivity index (χ2n) is 3.34. The highest BCUT2D eigenvalue weighted by Gasteiger charge is 2.17. The molecule has 6 nitrogen and oxygen atoms in total. The molecule has 1 unspecified atom stereocenters. The highest BCUT2D eigenvalue weighted by molar-refractivity contribution is 9.12. The minimum Gasteiger partial charge on any atom is -0.398 e. The molecule has 0 aromatic heterocycles. The summed E-state index contributed by atoms with van der Waals surface area (Å²) in [6.45, 7) is 0. The van der Waals surface area contributed by atoms with Crippen LogP contribution in [0.1, 0.15) is 0 Å². The smallest absolute Gasteiger partial charge is 0.296 e. The number of halogens is 2. The van der Waals surface area contributed by atoms with Gasteiger partial charge in [-0.2, -0.15) is 8.42 Å². The number of rotatable bonds is 4. The summed E-state index contributed by atoms with van der Waals surface area (Å²) in [5.41, 5.74) is 5.56. The fourth-order valence-corrected chi connectivity index (χ4v) is 2.18. The maximum absolute atomic E-state index is 11.6. The minimum absolute atomic E-state index is 0.0913. The van der Waals surface area contributed by atoms with Gasteiger partial charge in [-0.15, -0.1) is 0 Å². The van der Waals surface area contributed by atoms with Crippen molar-refractivity contribution in [3.05, 3.63) is 18.2 Å². The van der Waals surface area contributed by atoms with E-state index in [0.717, 1.165) is 6.07 Å². The van der Waals surface area contributed by atoms with Crippen LogP contribution in [0.3, 0.4) is 0 Å². The molecule has 0 saturated carbocycles. The van der Waals surface area contributed by atoms with Crippen LogP contribution >= 0.6 is 31.9 Å². The molecule has 1 rings (SSSR count). The van der Waals surface area contributed by atoms with Crippen LogP contribution in [0.25, 0.3) is 0 Å². The molecule has 1 aromatic rings. The Kier molecular flexibility index (Phi) is 5.14. The molecule has 0 saturated heterocycles. The van der Waals surface area contributed by atoms with E-state index in [9.17, 15) is 13.2 Å². The van der Waals surface area contributed by atoms with Crippen LogP contribution < -0.4 is 11.1 Å². The number of amides is 1. The van der Waals surface area contributed by atoms with Gasteiger partial charge in [-0.05, 0) is 18.2 Å². The zero-order valence-electron chi connectivity index (χ0n) is 8.93. The van der Waals surface area contributed by atoms with E-state index in [1.54, 1.807) is 0 Å². The van der Waals surface area contributed by atoms with Crippen LogP contribution in [0.15, 0.2) is 23.1 Å². The number of nitrogens with two attached hydrogens (primary N) is 1. The van der Waals surface area contributed by atoms with E-state index in [1.165, 1.54) is 12.1 Å². The summed E-state index contributed by atoms with van der Waals surface area (Å²) in [6.07, 6.45) is 0. The van der Waals surface area contributed by atoms with Crippen molar-refractivity contribution in [1.29, 1.82) is 0 Å². The van der Waals surface area contributed by atoms with Crippen molar-refractivity contribution in [3.63, 3.8) is 0 Å². The van der Waals surface area contributed by atoms with E-state index in [-0.39, 0.29) is 17.3 Å². The molecule has 0 aliphatic rings. The highest BCUT2D eigenvalue weighted by Crippen LogP contribution is 2.22. The van der Waals surface area contributed by atoms with Crippen molar-refractivity contribution < 1.29 is 17.8 Å². The average molecular weight is 402 g/mol. The SMILES string of the molecule is Nc1ccc(NC(=O)C(Br)CBr)cc1S(=O)(=O)O. The Balaban J connectivity index is 3.04. The standard InChI is InChI=1S/C9H10Br2N2O4S/c10-4-6(11)9(14)13-5-1-2-7(12)8(3-5)18(15,16)17/h1-3,6H,4,12H2,(H,13,14)(H,15,16,17). The summed E-state index contributed by atoms with van der Waals surface area (Å²) in [4.78, 5) is 10.7. The Morgan fingerprint density at radius 3 is 2.61 bits per heavy atom. The second-order valence-corrected chi connectivity index (χ2v) is 6.48. The van der Waals surface area contributed by atoms with Crippen LogP contribution in [-0.2, 0) is 14.9 Å². The van der Waals surface area contributed by atoms with E-state index < -0.39 is 19.8 Å². The number of nitrogens with one attached hydrogen (secondary N) is 1. The Hall–Kier alpha value is -0.640. The number of benzene rings is 1. The maximum Gasteiger partial charge on any atom is 0.296 e. The average Bonchev–Trinajstić information content (AvgIpc) is 2.29. The third-order valence-electron chi connectivity index (χ3n) is 1.98. The van der Waals surface area contributed by atoms with Gasteiger partial charge in [0.15, 0.2) is 0 Å². The lowest BCUT2D eigenvalue weighted by Crippen LogP contribution is -2.24. The predicted molar refractivity (Wildman–Crippen MR) is 75.8 cm³/mol. The van der Waals surface area contributed by atoms with Gasteiger partial charge in [-0.25, -0.2) is 0 Å². The topological polar surface area (TPSA) is 109 Å². The zero-order valence-corrected chi connectivity index (χ0v) is 12.9. The lowest BCUT2D eigenvalue weighted by molar-refractivity contribution is -0.115. The van der Waals surface area contributed by atoms with E-state index in [1.807, 2.05) is 0 Å². The highest BCUT2D eigenvalue weighted by atomic mass is 79.9. The molecule has 1 atom stereocenters. The van der Waals surface area contributed by atoms with Gasteiger partial charge >= 0.3 is 0 Å². The number of anilines is 2. The van der Waals surface area contributed by atoms with Crippen LogP contribution in [0.4, 0.5) is 11.4 Å². The third-order valence-corrected chi connectivity index (χ3v) is 5.14. The molecule has 0 radical (unpaired) electrons. The molecular weight excluding hydrogens is 392 g/mol. The Bertz CT molecular complexity index is 562. The molecule has 1 aromatic carbocycles. The number of hydrogen-bond donors (Lipinski definition) is 3. The number of nitrogen functional groups attached to an aromatic ring is 1. The number of hydrogen-bond acceptors (Lipinski definition) is 4. The maximum atomic E-state index is 11.6. The van der Waals surface area contributed by atoms with Crippen molar-refractivity contribution >= 4 is 59.3 Å². The molecule has 0 bridgehead atoms. The van der Waals surface area contributed by atoms with E-state index in [4.69, 9.17) is 10.3 Å². The lowest BCUT2D eigenvalue weighted by atomic mass is 10.3. The van der Waals surface area contributed by atoms with Gasteiger partial charge in [0.1, 0.15) is 9.72 Å². The molecule has 0 spiro atoms. The fourth-order valence-electron chi connectivity index (χ4n) is 1.13. The van der Waals surface area contributed by atoms with Gasteiger partial charge in [0, 0.05) is 11.0 Å². The fraction of sp³-hybridized carbons (Fsp3) is 0.222. The van der Waals surface area contributed by atoms with Crippen LogP contribution in [0.2, 0.25) is 0 Å². The molecule has 100 valence electrons. The van der Waals surface area contributed by atoms with Gasteiger partial charge in [0.05, 0.1) is 5.69 Å². The summed E-state index contributed by atoms with van der Waals surface area (Å²) in [7, 11) is -4.41. The molecule has 0 heterocycles. The molecule has 0 fully saturated rings. The van der Waals surface area contributed by atoms with Crippen LogP contribution in [0.5, 0.6) is 0 Å². The Labute approximate surface area is 121 Å². The third kappa shape index (κ3) is 3.94. The zero-order chi connectivity index (χ0) is 13.9. The Morgan fingerprint density at radius 1 is 1.50 bits per heavy atom. The normalized spacial score (nSPS) is 13.1. The van der Waals surface area contributed by atoms with Crippen molar-refractivity contribution in [2.75, 3.05) is 16.4 Å². The summed E-state index contributed by atoms with van der Waals surface area (Å²) >= 11 is 6.24. The molecule has 0 aliphatic carbocycles. The molecule has 1 amide bonds. The molecule has 0 aliphatic heterocycles. The second kappa shape index (κ2) is 6.00. The first-order valence-electron chi connectivity index (χ1n) is 4.63. The summed E-state index contributed by atoms with van der Waals surface area (Å²) in [5, 5.41) is 2.89. The van der Waals surface area contributed by atoms with E-state index in [0.29, 0.717) is 5.33 Å². The molecule has 9 heteroatoms.